The highest BCUT2D eigenvalue weighted by Gasteiger charge is 2.21. The Hall–Kier alpha value is -1.88. The van der Waals surface area contributed by atoms with Gasteiger partial charge < -0.3 is 10.6 Å². The zero-order valence-corrected chi connectivity index (χ0v) is 13.4. The Bertz CT molecular complexity index is 505. The number of likely N-dealkylation sites (tertiary alicyclic amines) is 1. The molecule has 0 bridgehead atoms. The van der Waals surface area contributed by atoms with Crippen LogP contribution in [0.3, 0.4) is 0 Å². The molecule has 1 aliphatic rings. The molecule has 5 heteroatoms. The van der Waals surface area contributed by atoms with Crippen molar-refractivity contribution in [2.75, 3.05) is 23.7 Å². The number of amides is 2. The maximum absolute atomic E-state index is 12.4. The van der Waals surface area contributed by atoms with Gasteiger partial charge in [-0.15, -0.1) is 0 Å². The lowest BCUT2D eigenvalue weighted by Gasteiger charge is -2.26. The van der Waals surface area contributed by atoms with Crippen molar-refractivity contribution in [3.63, 3.8) is 0 Å². The zero-order chi connectivity index (χ0) is 15.9. The first-order chi connectivity index (χ1) is 10.6. The van der Waals surface area contributed by atoms with E-state index >= 15 is 0 Å². The minimum Gasteiger partial charge on any atom is -0.326 e. The molecule has 120 valence electrons. The monoisotopic (exact) mass is 303 g/mol. The first-order valence-corrected chi connectivity index (χ1v) is 7.99. The van der Waals surface area contributed by atoms with E-state index < -0.39 is 0 Å². The van der Waals surface area contributed by atoms with Gasteiger partial charge >= 0.3 is 0 Å². The van der Waals surface area contributed by atoms with E-state index in [4.69, 9.17) is 0 Å². The Labute approximate surface area is 132 Å². The van der Waals surface area contributed by atoms with Gasteiger partial charge in [-0.25, -0.2) is 0 Å². The maximum atomic E-state index is 12.4. The minimum absolute atomic E-state index is 0.0224. The SMILES string of the molecule is CC(=O)Nc1ccc(NC(=O)[C@H](C)N2CCCCCC2)cc1. The lowest BCUT2D eigenvalue weighted by atomic mass is 10.2. The summed E-state index contributed by atoms with van der Waals surface area (Å²) in [5.74, 6) is -0.0826. The normalized spacial score (nSPS) is 17.4. The van der Waals surface area contributed by atoms with Crippen molar-refractivity contribution >= 4 is 23.2 Å². The number of hydrogen-bond donors (Lipinski definition) is 2. The van der Waals surface area contributed by atoms with Crippen molar-refractivity contribution in [3.8, 4) is 0 Å². The molecule has 2 N–H and O–H groups in total. The Morgan fingerprint density at radius 3 is 1.95 bits per heavy atom. The molecule has 0 aromatic heterocycles. The first-order valence-electron chi connectivity index (χ1n) is 7.99. The average Bonchev–Trinajstić information content (AvgIpc) is 2.77. The summed E-state index contributed by atoms with van der Waals surface area (Å²) in [6.07, 6.45) is 4.86. The molecule has 1 atom stereocenters. The van der Waals surface area contributed by atoms with Gasteiger partial charge in [0, 0.05) is 18.3 Å². The van der Waals surface area contributed by atoms with Gasteiger partial charge in [0.05, 0.1) is 6.04 Å². The van der Waals surface area contributed by atoms with Gasteiger partial charge in [0.2, 0.25) is 11.8 Å². The predicted molar refractivity (Wildman–Crippen MR) is 88.9 cm³/mol. The smallest absolute Gasteiger partial charge is 0.241 e. The molecule has 2 rings (SSSR count). The second-order valence-corrected chi connectivity index (χ2v) is 5.87. The number of carbonyl (C=O) groups excluding carboxylic acids is 2. The van der Waals surface area contributed by atoms with Crippen LogP contribution in [0.25, 0.3) is 0 Å². The van der Waals surface area contributed by atoms with E-state index in [0.29, 0.717) is 0 Å². The molecule has 1 saturated heterocycles. The number of rotatable bonds is 4. The number of carbonyl (C=O) groups is 2. The summed E-state index contributed by atoms with van der Waals surface area (Å²) in [5.41, 5.74) is 1.48. The molecule has 5 nitrogen and oxygen atoms in total. The number of nitrogens with one attached hydrogen (secondary N) is 2. The third-order valence-electron chi connectivity index (χ3n) is 4.04. The lowest BCUT2D eigenvalue weighted by Crippen LogP contribution is -2.42. The summed E-state index contributed by atoms with van der Waals surface area (Å²) >= 11 is 0. The number of benzene rings is 1. The van der Waals surface area contributed by atoms with Gasteiger partial charge in [-0.3, -0.25) is 14.5 Å². The Balaban J connectivity index is 1.91. The molecule has 1 aromatic rings. The fourth-order valence-electron chi connectivity index (χ4n) is 2.74. The highest BCUT2D eigenvalue weighted by molar-refractivity contribution is 5.95. The molecule has 1 fully saturated rings. The van der Waals surface area contributed by atoms with E-state index in [9.17, 15) is 9.59 Å². The lowest BCUT2D eigenvalue weighted by molar-refractivity contribution is -0.120. The number of hydrogen-bond acceptors (Lipinski definition) is 3. The molecular weight excluding hydrogens is 278 g/mol. The molecular formula is C17H25N3O2. The van der Waals surface area contributed by atoms with E-state index in [-0.39, 0.29) is 17.9 Å². The van der Waals surface area contributed by atoms with Gasteiger partial charge in [0.1, 0.15) is 0 Å². The summed E-state index contributed by atoms with van der Waals surface area (Å²) in [4.78, 5) is 25.6. The molecule has 0 unspecified atom stereocenters. The second kappa shape index (κ2) is 7.94. The average molecular weight is 303 g/mol. The number of anilines is 2. The van der Waals surface area contributed by atoms with Crippen molar-refractivity contribution in [1.82, 2.24) is 4.90 Å². The summed E-state index contributed by atoms with van der Waals surface area (Å²) in [5, 5.41) is 5.65. The van der Waals surface area contributed by atoms with Crippen molar-refractivity contribution in [2.24, 2.45) is 0 Å². The van der Waals surface area contributed by atoms with Crippen LogP contribution in [0.2, 0.25) is 0 Å². The molecule has 0 aliphatic carbocycles. The van der Waals surface area contributed by atoms with Crippen molar-refractivity contribution in [3.05, 3.63) is 24.3 Å². The van der Waals surface area contributed by atoms with E-state index in [1.54, 1.807) is 24.3 Å². The topological polar surface area (TPSA) is 61.4 Å². The highest BCUT2D eigenvalue weighted by Crippen LogP contribution is 2.16. The van der Waals surface area contributed by atoms with Crippen LogP contribution in [-0.4, -0.2) is 35.8 Å². The van der Waals surface area contributed by atoms with Gasteiger partial charge in [-0.2, -0.15) is 0 Å². The fourth-order valence-corrected chi connectivity index (χ4v) is 2.74. The molecule has 0 radical (unpaired) electrons. The van der Waals surface area contributed by atoms with E-state index in [1.807, 2.05) is 6.92 Å². The van der Waals surface area contributed by atoms with Crippen LogP contribution < -0.4 is 10.6 Å². The Morgan fingerprint density at radius 2 is 1.45 bits per heavy atom. The van der Waals surface area contributed by atoms with Crippen LogP contribution in [0.5, 0.6) is 0 Å². The van der Waals surface area contributed by atoms with E-state index in [2.05, 4.69) is 15.5 Å². The molecule has 1 aromatic carbocycles. The Kier molecular flexibility index (Phi) is 5.95. The van der Waals surface area contributed by atoms with E-state index in [1.165, 1.54) is 32.6 Å². The molecule has 1 aliphatic heterocycles. The summed E-state index contributed by atoms with van der Waals surface area (Å²) < 4.78 is 0. The van der Waals surface area contributed by atoms with Gasteiger partial charge in [-0.1, -0.05) is 12.8 Å². The Morgan fingerprint density at radius 1 is 0.955 bits per heavy atom. The quantitative estimate of drug-likeness (QED) is 0.899. The molecule has 22 heavy (non-hydrogen) atoms. The van der Waals surface area contributed by atoms with Gasteiger partial charge in [-0.05, 0) is 57.1 Å². The van der Waals surface area contributed by atoms with Crippen molar-refractivity contribution < 1.29 is 9.59 Å². The van der Waals surface area contributed by atoms with Gasteiger partial charge in [0.15, 0.2) is 0 Å². The van der Waals surface area contributed by atoms with E-state index in [0.717, 1.165) is 24.5 Å². The third-order valence-corrected chi connectivity index (χ3v) is 4.04. The van der Waals surface area contributed by atoms with Gasteiger partial charge in [0.25, 0.3) is 0 Å². The zero-order valence-electron chi connectivity index (χ0n) is 13.4. The van der Waals surface area contributed by atoms with Crippen LogP contribution in [0, 0.1) is 0 Å². The summed E-state index contributed by atoms with van der Waals surface area (Å²) in [7, 11) is 0. The largest absolute Gasteiger partial charge is 0.326 e. The first kappa shape index (κ1) is 16.5. The van der Waals surface area contributed by atoms with Crippen LogP contribution in [0.1, 0.15) is 39.5 Å². The molecule has 0 spiro atoms. The maximum Gasteiger partial charge on any atom is 0.241 e. The molecule has 2 amide bonds. The van der Waals surface area contributed by atoms with Crippen molar-refractivity contribution in [1.29, 1.82) is 0 Å². The van der Waals surface area contributed by atoms with Crippen molar-refractivity contribution in [2.45, 2.75) is 45.6 Å². The molecule has 1 heterocycles. The third kappa shape index (κ3) is 4.84. The minimum atomic E-state index is -0.117. The second-order valence-electron chi connectivity index (χ2n) is 5.87. The number of nitrogens with zero attached hydrogens (tertiary/aromatic N) is 1. The predicted octanol–water partition coefficient (Wildman–Crippen LogP) is 2.85. The highest BCUT2D eigenvalue weighted by atomic mass is 16.2. The fraction of sp³-hybridized carbons (Fsp3) is 0.529. The summed E-state index contributed by atoms with van der Waals surface area (Å²) in [6.45, 7) is 5.43. The molecule has 0 saturated carbocycles. The van der Waals surface area contributed by atoms with Crippen LogP contribution >= 0.6 is 0 Å². The van der Waals surface area contributed by atoms with Crippen LogP contribution in [0.4, 0.5) is 11.4 Å². The summed E-state index contributed by atoms with van der Waals surface area (Å²) in [6, 6.07) is 7.06. The van der Waals surface area contributed by atoms with Crippen LogP contribution in [-0.2, 0) is 9.59 Å². The van der Waals surface area contributed by atoms with Crippen LogP contribution in [0.15, 0.2) is 24.3 Å². The standard InChI is InChI=1S/C17H25N3O2/c1-13(20-11-5-3-4-6-12-20)17(22)19-16-9-7-15(8-10-16)18-14(2)21/h7-10,13H,3-6,11-12H2,1-2H3,(H,18,21)(H,19,22)/t13-/m0/s1.